The van der Waals surface area contributed by atoms with Crippen LogP contribution in [0.4, 0.5) is 4.39 Å². The summed E-state index contributed by atoms with van der Waals surface area (Å²) in [5, 5.41) is 0.636. The molecule has 0 N–H and O–H groups in total. The van der Waals surface area contributed by atoms with Crippen molar-refractivity contribution in [3.63, 3.8) is 0 Å². The van der Waals surface area contributed by atoms with Gasteiger partial charge in [-0.2, -0.15) is 0 Å². The van der Waals surface area contributed by atoms with Crippen LogP contribution in [0.3, 0.4) is 0 Å². The minimum Gasteiger partial charge on any atom is -0.275 e. The summed E-state index contributed by atoms with van der Waals surface area (Å²) in [7, 11) is 0. The minimum atomic E-state index is -0.335. The number of rotatable bonds is 3. The molecule has 0 amide bonds. The van der Waals surface area contributed by atoms with E-state index in [1.54, 1.807) is 23.0 Å². The first-order chi connectivity index (χ1) is 14.2. The molecule has 1 aliphatic heterocycles. The predicted octanol–water partition coefficient (Wildman–Crippen LogP) is 4.04. The molecule has 0 saturated heterocycles. The van der Waals surface area contributed by atoms with Gasteiger partial charge in [-0.05, 0) is 41.1 Å². The standard InChI is InChI=1S/C22H17FN4OS/c1-29-22-24-11-10-18(25-22)20-19(14-6-8-17(23)9-7-14)21(28)27-13-16-5-3-2-4-15(16)12-26(20)27/h2-11H,12-13H2,1H3. The highest BCUT2D eigenvalue weighted by atomic mass is 32.2. The average Bonchev–Trinajstić information content (AvgIpc) is 3.04. The molecule has 29 heavy (non-hydrogen) atoms. The van der Waals surface area contributed by atoms with Gasteiger partial charge >= 0.3 is 0 Å². The Morgan fingerprint density at radius 2 is 1.66 bits per heavy atom. The van der Waals surface area contributed by atoms with Gasteiger partial charge in [0, 0.05) is 6.20 Å². The van der Waals surface area contributed by atoms with Gasteiger partial charge in [0.25, 0.3) is 5.56 Å². The number of nitrogens with zero attached hydrogens (tertiary/aromatic N) is 4. The summed E-state index contributed by atoms with van der Waals surface area (Å²) in [6.07, 6.45) is 3.62. The third-order valence-corrected chi connectivity index (χ3v) is 5.75. The molecule has 7 heteroatoms. The van der Waals surface area contributed by atoms with E-state index in [0.29, 0.717) is 35.1 Å². The second-order valence-corrected chi connectivity index (χ2v) is 7.62. The summed E-state index contributed by atoms with van der Waals surface area (Å²) in [6.45, 7) is 1.06. The number of benzene rings is 2. The van der Waals surface area contributed by atoms with Crippen molar-refractivity contribution >= 4 is 11.8 Å². The van der Waals surface area contributed by atoms with Crippen LogP contribution in [0.5, 0.6) is 0 Å². The molecule has 0 fully saturated rings. The van der Waals surface area contributed by atoms with E-state index >= 15 is 0 Å². The average molecular weight is 404 g/mol. The smallest absolute Gasteiger partial charge is 0.275 e. The summed E-state index contributed by atoms with van der Waals surface area (Å²) < 4.78 is 17.2. The highest BCUT2D eigenvalue weighted by Gasteiger charge is 2.27. The summed E-state index contributed by atoms with van der Waals surface area (Å²) in [6, 6.07) is 16.0. The number of hydrogen-bond acceptors (Lipinski definition) is 4. The zero-order chi connectivity index (χ0) is 20.0. The van der Waals surface area contributed by atoms with Crippen molar-refractivity contribution in [1.29, 1.82) is 0 Å². The first kappa shape index (κ1) is 17.9. The Bertz CT molecular complexity index is 1280. The van der Waals surface area contributed by atoms with Crippen LogP contribution in [0, 0.1) is 5.82 Å². The Hall–Kier alpha value is -3.19. The third-order valence-electron chi connectivity index (χ3n) is 5.18. The van der Waals surface area contributed by atoms with Crippen LogP contribution in [0.25, 0.3) is 22.5 Å². The number of fused-ring (bicyclic) bond motifs is 2. The molecule has 0 spiro atoms. The second kappa shape index (κ2) is 7.00. The van der Waals surface area contributed by atoms with Crippen molar-refractivity contribution in [1.82, 2.24) is 19.3 Å². The fraction of sp³-hybridized carbons (Fsp3) is 0.136. The fourth-order valence-corrected chi connectivity index (χ4v) is 4.16. The third kappa shape index (κ3) is 2.98. The van der Waals surface area contributed by atoms with Crippen LogP contribution >= 0.6 is 11.8 Å². The van der Waals surface area contributed by atoms with Gasteiger partial charge in [0.15, 0.2) is 5.16 Å². The van der Waals surface area contributed by atoms with E-state index < -0.39 is 0 Å². The van der Waals surface area contributed by atoms with Crippen LogP contribution in [-0.4, -0.2) is 25.6 Å². The molecule has 144 valence electrons. The summed E-state index contributed by atoms with van der Waals surface area (Å²) in [5.41, 5.74) is 4.81. The number of hydrogen-bond donors (Lipinski definition) is 0. The monoisotopic (exact) mass is 404 g/mol. The molecule has 0 saturated carbocycles. The van der Waals surface area contributed by atoms with Gasteiger partial charge in [-0.15, -0.1) is 0 Å². The Morgan fingerprint density at radius 3 is 2.34 bits per heavy atom. The molecule has 5 nitrogen and oxygen atoms in total. The summed E-state index contributed by atoms with van der Waals surface area (Å²) in [4.78, 5) is 22.4. The van der Waals surface area contributed by atoms with Crippen LogP contribution in [0.15, 0.2) is 70.7 Å². The maximum Gasteiger partial charge on any atom is 0.275 e. The SMILES string of the molecule is CSc1nccc(-c2c(-c3ccc(F)cc3)c(=O)n3n2Cc2ccccc2C3)n1. The molecule has 2 aromatic carbocycles. The molecule has 1 aliphatic rings. The molecule has 0 unspecified atom stereocenters. The molecule has 0 radical (unpaired) electrons. The zero-order valence-electron chi connectivity index (χ0n) is 15.7. The topological polar surface area (TPSA) is 52.7 Å². The van der Waals surface area contributed by atoms with E-state index in [1.807, 2.05) is 35.2 Å². The lowest BCUT2D eigenvalue weighted by atomic mass is 10.0. The molecular weight excluding hydrogens is 387 g/mol. The molecule has 0 atom stereocenters. The largest absolute Gasteiger partial charge is 0.275 e. The lowest BCUT2D eigenvalue weighted by Crippen LogP contribution is -2.29. The summed E-state index contributed by atoms with van der Waals surface area (Å²) >= 11 is 1.45. The quantitative estimate of drug-likeness (QED) is 0.336. The molecule has 4 aromatic rings. The van der Waals surface area contributed by atoms with Gasteiger partial charge < -0.3 is 0 Å². The molecule has 0 aliphatic carbocycles. The molecule has 0 bridgehead atoms. The molecule has 3 heterocycles. The van der Waals surface area contributed by atoms with E-state index in [0.717, 1.165) is 11.3 Å². The summed E-state index contributed by atoms with van der Waals surface area (Å²) in [5.74, 6) is -0.335. The Labute approximate surface area is 170 Å². The first-order valence-corrected chi connectivity index (χ1v) is 10.4. The van der Waals surface area contributed by atoms with Gasteiger partial charge in [-0.1, -0.05) is 48.2 Å². The van der Waals surface area contributed by atoms with Crippen molar-refractivity contribution in [2.45, 2.75) is 18.2 Å². The molecule has 5 rings (SSSR count). The van der Waals surface area contributed by atoms with Crippen LogP contribution < -0.4 is 5.56 Å². The van der Waals surface area contributed by atoms with Crippen molar-refractivity contribution in [2.75, 3.05) is 6.26 Å². The molecular formula is C22H17FN4OS. The van der Waals surface area contributed by atoms with Gasteiger partial charge in [-0.25, -0.2) is 19.0 Å². The number of aromatic nitrogens is 4. The second-order valence-electron chi connectivity index (χ2n) is 6.85. The lowest BCUT2D eigenvalue weighted by molar-refractivity contribution is 0.476. The normalized spacial score (nSPS) is 12.5. The highest BCUT2D eigenvalue weighted by Crippen LogP contribution is 2.32. The van der Waals surface area contributed by atoms with Crippen LogP contribution in [-0.2, 0) is 13.1 Å². The van der Waals surface area contributed by atoms with E-state index in [4.69, 9.17) is 0 Å². The Balaban J connectivity index is 1.80. The van der Waals surface area contributed by atoms with E-state index in [1.165, 1.54) is 29.5 Å². The number of halogens is 1. The van der Waals surface area contributed by atoms with Gasteiger partial charge in [-0.3, -0.25) is 9.48 Å². The Kier molecular flexibility index (Phi) is 4.32. The van der Waals surface area contributed by atoms with Crippen molar-refractivity contribution < 1.29 is 4.39 Å². The van der Waals surface area contributed by atoms with Crippen molar-refractivity contribution in [3.05, 3.63) is 88.1 Å². The van der Waals surface area contributed by atoms with E-state index in [2.05, 4.69) is 16.0 Å². The van der Waals surface area contributed by atoms with Crippen molar-refractivity contribution in [3.8, 4) is 22.5 Å². The fourth-order valence-electron chi connectivity index (χ4n) is 3.81. The zero-order valence-corrected chi connectivity index (χ0v) is 16.5. The highest BCUT2D eigenvalue weighted by molar-refractivity contribution is 7.98. The van der Waals surface area contributed by atoms with Gasteiger partial charge in [0.1, 0.15) is 5.82 Å². The first-order valence-electron chi connectivity index (χ1n) is 9.19. The number of thioether (sulfide) groups is 1. The lowest BCUT2D eigenvalue weighted by Gasteiger charge is -2.22. The maximum absolute atomic E-state index is 13.5. The predicted molar refractivity (Wildman–Crippen MR) is 112 cm³/mol. The Morgan fingerprint density at radius 1 is 0.966 bits per heavy atom. The molecule has 2 aromatic heterocycles. The van der Waals surface area contributed by atoms with Crippen LogP contribution in [0.2, 0.25) is 0 Å². The van der Waals surface area contributed by atoms with Crippen LogP contribution in [0.1, 0.15) is 11.1 Å². The van der Waals surface area contributed by atoms with E-state index in [9.17, 15) is 9.18 Å². The van der Waals surface area contributed by atoms with Crippen molar-refractivity contribution in [2.24, 2.45) is 0 Å². The van der Waals surface area contributed by atoms with Gasteiger partial charge in [0.05, 0.1) is 30.0 Å². The maximum atomic E-state index is 13.5. The van der Waals surface area contributed by atoms with Gasteiger partial charge in [0.2, 0.25) is 0 Å². The minimum absolute atomic E-state index is 0.106. The van der Waals surface area contributed by atoms with E-state index in [-0.39, 0.29) is 11.4 Å².